The van der Waals surface area contributed by atoms with Crippen molar-refractivity contribution in [1.82, 2.24) is 10.1 Å². The van der Waals surface area contributed by atoms with Crippen molar-refractivity contribution in [3.63, 3.8) is 0 Å². The molecule has 28 heavy (non-hydrogen) atoms. The van der Waals surface area contributed by atoms with Crippen LogP contribution in [-0.4, -0.2) is 42.9 Å². The summed E-state index contributed by atoms with van der Waals surface area (Å²) in [6, 6.07) is 4.89. The first-order valence-corrected chi connectivity index (χ1v) is 10.5. The Morgan fingerprint density at radius 3 is 2.54 bits per heavy atom. The van der Waals surface area contributed by atoms with Gasteiger partial charge in [0.15, 0.2) is 27.2 Å². The van der Waals surface area contributed by atoms with Crippen molar-refractivity contribution >= 4 is 21.4 Å². The van der Waals surface area contributed by atoms with Gasteiger partial charge in [-0.3, -0.25) is 4.79 Å². The molecule has 3 rings (SSSR count). The van der Waals surface area contributed by atoms with Gasteiger partial charge in [-0.25, -0.2) is 8.42 Å². The van der Waals surface area contributed by atoms with Crippen molar-refractivity contribution in [3.05, 3.63) is 29.9 Å². The summed E-state index contributed by atoms with van der Waals surface area (Å²) in [5.41, 5.74) is 0.0295. The van der Waals surface area contributed by atoms with E-state index in [1.807, 2.05) is 20.8 Å². The van der Waals surface area contributed by atoms with Crippen LogP contribution in [0.5, 0.6) is 11.5 Å². The van der Waals surface area contributed by atoms with Gasteiger partial charge < -0.3 is 19.3 Å². The molecule has 152 valence electrons. The third kappa shape index (κ3) is 4.44. The summed E-state index contributed by atoms with van der Waals surface area (Å²) in [7, 11) is -3.84. The molecule has 0 unspecified atom stereocenters. The molecule has 1 N–H and O–H groups in total. The van der Waals surface area contributed by atoms with Gasteiger partial charge in [0.05, 0.1) is 0 Å². The SMILES string of the molecule is C[C@H](C(=O)Nc1ccc2c(c1)OCCO2)S(=O)(=O)Cc1noc(C(C)(C)C)n1. The summed E-state index contributed by atoms with van der Waals surface area (Å²) >= 11 is 0. The molecule has 2 heterocycles. The molecule has 2 aromatic rings. The topological polar surface area (TPSA) is 121 Å². The number of hydrogen-bond acceptors (Lipinski definition) is 8. The van der Waals surface area contributed by atoms with Crippen molar-refractivity contribution < 1.29 is 27.2 Å². The summed E-state index contributed by atoms with van der Waals surface area (Å²) in [5.74, 6) is 0.312. The van der Waals surface area contributed by atoms with E-state index in [4.69, 9.17) is 14.0 Å². The van der Waals surface area contributed by atoms with Crippen LogP contribution in [0, 0.1) is 0 Å². The smallest absolute Gasteiger partial charge is 0.242 e. The quantitative estimate of drug-likeness (QED) is 0.797. The van der Waals surface area contributed by atoms with Crippen LogP contribution in [0.4, 0.5) is 5.69 Å². The number of rotatable bonds is 5. The predicted octanol–water partition coefficient (Wildman–Crippen LogP) is 2.08. The second-order valence-electron chi connectivity index (χ2n) is 7.56. The summed E-state index contributed by atoms with van der Waals surface area (Å²) in [6.07, 6.45) is 0. The third-order valence-corrected chi connectivity index (χ3v) is 6.11. The molecule has 0 saturated carbocycles. The molecule has 1 aromatic heterocycles. The van der Waals surface area contributed by atoms with Crippen LogP contribution in [0.3, 0.4) is 0 Å². The van der Waals surface area contributed by atoms with Gasteiger partial charge in [0.25, 0.3) is 0 Å². The van der Waals surface area contributed by atoms with E-state index < -0.39 is 32.2 Å². The molecule has 1 amide bonds. The fraction of sp³-hybridized carbons (Fsp3) is 0.500. The Hall–Kier alpha value is -2.62. The van der Waals surface area contributed by atoms with Crippen molar-refractivity contribution in [2.75, 3.05) is 18.5 Å². The van der Waals surface area contributed by atoms with Gasteiger partial charge in [-0.2, -0.15) is 4.98 Å². The molecule has 10 heteroatoms. The van der Waals surface area contributed by atoms with E-state index in [0.717, 1.165) is 0 Å². The number of hydrogen-bond donors (Lipinski definition) is 1. The molecule has 1 atom stereocenters. The van der Waals surface area contributed by atoms with Crippen LogP contribution in [0.25, 0.3) is 0 Å². The highest BCUT2D eigenvalue weighted by Gasteiger charge is 2.31. The van der Waals surface area contributed by atoms with Crippen molar-refractivity contribution in [2.45, 2.75) is 44.1 Å². The van der Waals surface area contributed by atoms with E-state index in [-0.39, 0.29) is 5.82 Å². The number of benzene rings is 1. The highest BCUT2D eigenvalue weighted by molar-refractivity contribution is 7.92. The standard InChI is InChI=1S/C18H23N3O6S/c1-11(28(23,24)10-15-20-17(27-21-15)18(2,3)4)16(22)19-12-5-6-13-14(9-12)26-8-7-25-13/h5-6,9,11H,7-8,10H2,1-4H3,(H,19,22)/t11-/m1/s1. The average molecular weight is 409 g/mol. The predicted molar refractivity (Wildman–Crippen MR) is 101 cm³/mol. The zero-order valence-corrected chi connectivity index (χ0v) is 17.0. The molecule has 1 aliphatic heterocycles. The number of nitrogens with one attached hydrogen (secondary N) is 1. The van der Waals surface area contributed by atoms with Crippen LogP contribution in [0.1, 0.15) is 39.4 Å². The molecule has 0 aliphatic carbocycles. The molecule has 0 spiro atoms. The monoisotopic (exact) mass is 409 g/mol. The third-order valence-electron chi connectivity index (χ3n) is 4.16. The lowest BCUT2D eigenvalue weighted by molar-refractivity contribution is -0.115. The number of aromatic nitrogens is 2. The first kappa shape index (κ1) is 20.1. The van der Waals surface area contributed by atoms with Crippen LogP contribution in [0.2, 0.25) is 0 Å². The van der Waals surface area contributed by atoms with E-state index in [2.05, 4.69) is 15.5 Å². The van der Waals surface area contributed by atoms with Crippen LogP contribution < -0.4 is 14.8 Å². The number of nitrogens with zero attached hydrogens (tertiary/aromatic N) is 2. The number of anilines is 1. The zero-order chi connectivity index (χ0) is 20.5. The Balaban J connectivity index is 1.68. The van der Waals surface area contributed by atoms with Gasteiger partial charge in [0, 0.05) is 17.2 Å². The fourth-order valence-corrected chi connectivity index (χ4v) is 3.56. The maximum atomic E-state index is 12.6. The lowest BCUT2D eigenvalue weighted by atomic mass is 9.97. The number of carbonyl (C=O) groups is 1. The molecular formula is C18H23N3O6S. The number of sulfone groups is 1. The second-order valence-corrected chi connectivity index (χ2v) is 9.88. The van der Waals surface area contributed by atoms with Gasteiger partial charge >= 0.3 is 0 Å². The normalized spacial score (nSPS) is 15.1. The molecule has 1 aromatic carbocycles. The molecule has 1 aliphatic rings. The zero-order valence-electron chi connectivity index (χ0n) is 16.2. The Morgan fingerprint density at radius 1 is 1.21 bits per heavy atom. The van der Waals surface area contributed by atoms with Crippen molar-refractivity contribution in [3.8, 4) is 11.5 Å². The van der Waals surface area contributed by atoms with Gasteiger partial charge in [-0.05, 0) is 19.1 Å². The van der Waals surface area contributed by atoms with E-state index >= 15 is 0 Å². The van der Waals surface area contributed by atoms with Crippen molar-refractivity contribution in [1.29, 1.82) is 0 Å². The highest BCUT2D eigenvalue weighted by atomic mass is 32.2. The summed E-state index contributed by atoms with van der Waals surface area (Å²) in [6.45, 7) is 7.83. The second kappa shape index (κ2) is 7.42. The van der Waals surface area contributed by atoms with E-state index in [9.17, 15) is 13.2 Å². The Labute approximate surface area is 163 Å². The Bertz CT molecular complexity index is 977. The lowest BCUT2D eigenvalue weighted by Gasteiger charge is -2.19. The molecule has 0 fully saturated rings. The summed E-state index contributed by atoms with van der Waals surface area (Å²) < 4.78 is 41.2. The Kier molecular flexibility index (Phi) is 5.33. The average Bonchev–Trinajstić information content (AvgIpc) is 3.09. The highest BCUT2D eigenvalue weighted by Crippen LogP contribution is 2.32. The number of amides is 1. The molecular weight excluding hydrogens is 386 g/mol. The lowest BCUT2D eigenvalue weighted by Crippen LogP contribution is -2.33. The first-order chi connectivity index (χ1) is 13.1. The summed E-state index contributed by atoms with van der Waals surface area (Å²) in [5, 5.41) is 5.02. The maximum absolute atomic E-state index is 12.6. The van der Waals surface area contributed by atoms with E-state index in [1.165, 1.54) is 6.92 Å². The first-order valence-electron chi connectivity index (χ1n) is 8.81. The largest absolute Gasteiger partial charge is 0.486 e. The van der Waals surface area contributed by atoms with Gasteiger partial charge in [-0.1, -0.05) is 25.9 Å². The number of carbonyl (C=O) groups excluding carboxylic acids is 1. The van der Waals surface area contributed by atoms with E-state index in [0.29, 0.717) is 36.3 Å². The fourth-order valence-electron chi connectivity index (χ4n) is 2.45. The van der Waals surface area contributed by atoms with Crippen LogP contribution >= 0.6 is 0 Å². The number of ether oxygens (including phenoxy) is 2. The van der Waals surface area contributed by atoms with Gasteiger partial charge in [-0.15, -0.1) is 0 Å². The maximum Gasteiger partial charge on any atom is 0.242 e. The van der Waals surface area contributed by atoms with Crippen LogP contribution in [-0.2, 0) is 25.8 Å². The summed E-state index contributed by atoms with van der Waals surface area (Å²) in [4.78, 5) is 16.6. The number of fused-ring (bicyclic) bond motifs is 1. The molecule has 9 nitrogen and oxygen atoms in total. The van der Waals surface area contributed by atoms with E-state index in [1.54, 1.807) is 18.2 Å². The van der Waals surface area contributed by atoms with Crippen molar-refractivity contribution in [2.24, 2.45) is 0 Å². The minimum atomic E-state index is -3.84. The molecule has 0 saturated heterocycles. The van der Waals surface area contributed by atoms with Gasteiger partial charge in [0.2, 0.25) is 11.8 Å². The van der Waals surface area contributed by atoms with Gasteiger partial charge in [0.1, 0.15) is 24.2 Å². The minimum absolute atomic E-state index is 0.0314. The molecule has 0 bridgehead atoms. The minimum Gasteiger partial charge on any atom is -0.486 e. The Morgan fingerprint density at radius 2 is 1.89 bits per heavy atom. The molecule has 0 radical (unpaired) electrons. The van der Waals surface area contributed by atoms with Crippen LogP contribution in [0.15, 0.2) is 22.7 Å².